The molecule has 3 N–H and O–H groups in total. The highest BCUT2D eigenvalue weighted by atomic mass is 16.4. The van der Waals surface area contributed by atoms with Crippen molar-refractivity contribution in [1.29, 1.82) is 0 Å². The number of benzene rings is 1. The molecule has 15 heavy (non-hydrogen) atoms. The molecule has 0 radical (unpaired) electrons. The SMILES string of the molecule is O=C(O)C(CO)NCCc1ccccc1. The van der Waals surface area contributed by atoms with E-state index in [0.29, 0.717) is 6.54 Å². The molecule has 0 heterocycles. The standard InChI is InChI=1S/C11H15NO3/c13-8-10(11(14)15)12-7-6-9-4-2-1-3-5-9/h1-5,10,12-13H,6-8H2,(H,14,15). The van der Waals surface area contributed by atoms with Crippen LogP contribution in [0.2, 0.25) is 0 Å². The van der Waals surface area contributed by atoms with Gasteiger partial charge in [0, 0.05) is 6.54 Å². The number of carboxylic acid groups (broad SMARTS) is 1. The Balaban J connectivity index is 2.30. The van der Waals surface area contributed by atoms with Crippen LogP contribution in [0.15, 0.2) is 30.3 Å². The maximum Gasteiger partial charge on any atom is 0.323 e. The molecule has 0 amide bonds. The molecule has 0 aliphatic rings. The number of hydrogen-bond donors (Lipinski definition) is 3. The zero-order valence-corrected chi connectivity index (χ0v) is 8.39. The lowest BCUT2D eigenvalue weighted by molar-refractivity contribution is -0.140. The maximum atomic E-state index is 10.6. The highest BCUT2D eigenvalue weighted by molar-refractivity contribution is 5.73. The van der Waals surface area contributed by atoms with Gasteiger partial charge in [-0.1, -0.05) is 30.3 Å². The third kappa shape index (κ3) is 4.10. The van der Waals surface area contributed by atoms with Crippen molar-refractivity contribution in [1.82, 2.24) is 5.32 Å². The van der Waals surface area contributed by atoms with Gasteiger partial charge in [-0.15, -0.1) is 0 Å². The summed E-state index contributed by atoms with van der Waals surface area (Å²) < 4.78 is 0. The number of aliphatic carboxylic acids is 1. The van der Waals surface area contributed by atoms with Crippen LogP contribution in [0.3, 0.4) is 0 Å². The third-order valence-corrected chi connectivity index (χ3v) is 2.13. The highest BCUT2D eigenvalue weighted by Gasteiger charge is 2.14. The molecule has 0 spiro atoms. The fourth-order valence-electron chi connectivity index (χ4n) is 1.27. The number of aliphatic hydroxyl groups excluding tert-OH is 1. The van der Waals surface area contributed by atoms with Gasteiger partial charge in [-0.05, 0) is 12.0 Å². The van der Waals surface area contributed by atoms with E-state index in [0.717, 1.165) is 12.0 Å². The summed E-state index contributed by atoms with van der Waals surface area (Å²) in [5, 5.41) is 20.2. The summed E-state index contributed by atoms with van der Waals surface area (Å²) in [6, 6.07) is 8.91. The summed E-state index contributed by atoms with van der Waals surface area (Å²) in [6.07, 6.45) is 0.755. The van der Waals surface area contributed by atoms with E-state index in [9.17, 15) is 4.79 Å². The van der Waals surface area contributed by atoms with Crippen molar-refractivity contribution in [2.45, 2.75) is 12.5 Å². The molecule has 1 aromatic rings. The molecule has 0 aliphatic heterocycles. The maximum absolute atomic E-state index is 10.6. The second kappa shape index (κ2) is 6.16. The zero-order chi connectivity index (χ0) is 11.1. The number of aliphatic hydroxyl groups is 1. The summed E-state index contributed by atoms with van der Waals surface area (Å²) in [5.74, 6) is -1.02. The van der Waals surface area contributed by atoms with E-state index >= 15 is 0 Å². The molecule has 1 unspecified atom stereocenters. The van der Waals surface area contributed by atoms with E-state index in [2.05, 4.69) is 5.32 Å². The van der Waals surface area contributed by atoms with Crippen molar-refractivity contribution in [3.8, 4) is 0 Å². The molecule has 0 saturated carbocycles. The van der Waals surface area contributed by atoms with Crippen LogP contribution in [0.5, 0.6) is 0 Å². The van der Waals surface area contributed by atoms with Gasteiger partial charge in [0.05, 0.1) is 6.61 Å². The molecule has 1 aromatic carbocycles. The van der Waals surface area contributed by atoms with E-state index in [-0.39, 0.29) is 6.61 Å². The smallest absolute Gasteiger partial charge is 0.323 e. The predicted molar refractivity (Wildman–Crippen MR) is 56.7 cm³/mol. The highest BCUT2D eigenvalue weighted by Crippen LogP contribution is 1.98. The number of hydrogen-bond acceptors (Lipinski definition) is 3. The summed E-state index contributed by atoms with van der Waals surface area (Å²) in [5.41, 5.74) is 1.15. The molecule has 0 saturated heterocycles. The van der Waals surface area contributed by atoms with Crippen LogP contribution in [-0.4, -0.2) is 35.4 Å². The summed E-state index contributed by atoms with van der Waals surface area (Å²) in [7, 11) is 0. The molecule has 1 atom stereocenters. The Kier molecular flexibility index (Phi) is 4.80. The van der Waals surface area contributed by atoms with Crippen LogP contribution in [0.25, 0.3) is 0 Å². The minimum atomic E-state index is -1.02. The first-order valence-corrected chi connectivity index (χ1v) is 4.85. The summed E-state index contributed by atoms with van der Waals surface area (Å²) in [4.78, 5) is 10.6. The second-order valence-electron chi connectivity index (χ2n) is 3.26. The Morgan fingerprint density at radius 1 is 1.33 bits per heavy atom. The van der Waals surface area contributed by atoms with E-state index in [1.54, 1.807) is 0 Å². The van der Waals surface area contributed by atoms with E-state index < -0.39 is 12.0 Å². The largest absolute Gasteiger partial charge is 0.480 e. The fraction of sp³-hybridized carbons (Fsp3) is 0.364. The number of rotatable bonds is 6. The van der Waals surface area contributed by atoms with Crippen LogP contribution in [0, 0.1) is 0 Å². The molecule has 82 valence electrons. The van der Waals surface area contributed by atoms with Crippen molar-refractivity contribution in [2.75, 3.05) is 13.2 Å². The lowest BCUT2D eigenvalue weighted by Crippen LogP contribution is -2.40. The molecule has 0 bridgehead atoms. The lowest BCUT2D eigenvalue weighted by atomic mass is 10.1. The van der Waals surface area contributed by atoms with Gasteiger partial charge >= 0.3 is 5.97 Å². The number of carboxylic acids is 1. The van der Waals surface area contributed by atoms with Gasteiger partial charge in [0.1, 0.15) is 6.04 Å². The van der Waals surface area contributed by atoms with Gasteiger partial charge in [0.25, 0.3) is 0 Å². The van der Waals surface area contributed by atoms with Crippen LogP contribution >= 0.6 is 0 Å². The van der Waals surface area contributed by atoms with Gasteiger partial charge < -0.3 is 15.5 Å². The molecule has 0 aliphatic carbocycles. The van der Waals surface area contributed by atoms with Crippen molar-refractivity contribution < 1.29 is 15.0 Å². The normalized spacial score (nSPS) is 12.3. The van der Waals surface area contributed by atoms with Crippen LogP contribution in [-0.2, 0) is 11.2 Å². The predicted octanol–water partition coefficient (Wildman–Crippen LogP) is 0.264. The average Bonchev–Trinajstić information content (AvgIpc) is 2.25. The molecule has 1 rings (SSSR count). The number of carbonyl (C=O) groups is 1. The first-order chi connectivity index (χ1) is 7.24. The third-order valence-electron chi connectivity index (χ3n) is 2.13. The first kappa shape index (κ1) is 11.7. The van der Waals surface area contributed by atoms with Crippen LogP contribution in [0.4, 0.5) is 0 Å². The van der Waals surface area contributed by atoms with Gasteiger partial charge in [0.15, 0.2) is 0 Å². The molecular formula is C11H15NO3. The van der Waals surface area contributed by atoms with E-state index in [1.807, 2.05) is 30.3 Å². The first-order valence-electron chi connectivity index (χ1n) is 4.85. The van der Waals surface area contributed by atoms with E-state index in [1.165, 1.54) is 0 Å². The van der Waals surface area contributed by atoms with Crippen LogP contribution in [0.1, 0.15) is 5.56 Å². The van der Waals surface area contributed by atoms with Gasteiger partial charge in [-0.2, -0.15) is 0 Å². The summed E-state index contributed by atoms with van der Waals surface area (Å²) >= 11 is 0. The minimum absolute atomic E-state index is 0.385. The van der Waals surface area contributed by atoms with Gasteiger partial charge in [-0.25, -0.2) is 0 Å². The molecule has 4 nitrogen and oxygen atoms in total. The Bertz CT molecular complexity index is 300. The molecule has 0 fully saturated rings. The van der Waals surface area contributed by atoms with Gasteiger partial charge in [0.2, 0.25) is 0 Å². The average molecular weight is 209 g/mol. The van der Waals surface area contributed by atoms with Crippen molar-refractivity contribution >= 4 is 5.97 Å². The topological polar surface area (TPSA) is 69.6 Å². The molecule has 0 aromatic heterocycles. The van der Waals surface area contributed by atoms with Crippen molar-refractivity contribution in [3.05, 3.63) is 35.9 Å². The second-order valence-corrected chi connectivity index (χ2v) is 3.26. The van der Waals surface area contributed by atoms with E-state index in [4.69, 9.17) is 10.2 Å². The Hall–Kier alpha value is -1.39. The quantitative estimate of drug-likeness (QED) is 0.628. The van der Waals surface area contributed by atoms with Crippen molar-refractivity contribution in [2.24, 2.45) is 0 Å². The fourth-order valence-corrected chi connectivity index (χ4v) is 1.27. The zero-order valence-electron chi connectivity index (χ0n) is 8.39. The Labute approximate surface area is 88.6 Å². The van der Waals surface area contributed by atoms with Crippen LogP contribution < -0.4 is 5.32 Å². The Morgan fingerprint density at radius 3 is 2.53 bits per heavy atom. The molecule has 4 heteroatoms. The number of nitrogens with one attached hydrogen (secondary N) is 1. The van der Waals surface area contributed by atoms with Crippen molar-refractivity contribution in [3.63, 3.8) is 0 Å². The monoisotopic (exact) mass is 209 g/mol. The van der Waals surface area contributed by atoms with Gasteiger partial charge in [-0.3, -0.25) is 4.79 Å². The minimum Gasteiger partial charge on any atom is -0.480 e. The Morgan fingerprint density at radius 2 is 2.00 bits per heavy atom. The lowest BCUT2D eigenvalue weighted by Gasteiger charge is -2.10. The summed E-state index contributed by atoms with van der Waals surface area (Å²) in [6.45, 7) is 0.158. The molecular weight excluding hydrogens is 194 g/mol.